The number of carboxylic acids is 1. The molecule has 2 N–H and O–H groups in total. The standard InChI is InChI=1S/C15H14Cl2N2O5S/c1-7(20)18-11(15(23)24)6-25-12-5-13(21)19(14(12)22)8-2-3-9(16)10(17)4-8/h2-4,11-12H,5-6H2,1H3,(H,18,20)(H,23,24)/t11-,12+/m1/s1. The number of carbonyl (C=O) groups excluding carboxylic acids is 3. The van der Waals surface area contributed by atoms with Crippen molar-refractivity contribution in [1.29, 1.82) is 0 Å². The monoisotopic (exact) mass is 404 g/mol. The average Bonchev–Trinajstić information content (AvgIpc) is 2.80. The molecule has 1 aromatic carbocycles. The quantitative estimate of drug-likeness (QED) is 0.702. The van der Waals surface area contributed by atoms with Gasteiger partial charge in [-0.05, 0) is 18.2 Å². The Balaban J connectivity index is 2.08. The van der Waals surface area contributed by atoms with Crippen LogP contribution in [0.15, 0.2) is 18.2 Å². The van der Waals surface area contributed by atoms with Crippen molar-refractivity contribution in [2.45, 2.75) is 24.6 Å². The maximum absolute atomic E-state index is 12.5. The Bertz CT molecular complexity index is 743. The van der Waals surface area contributed by atoms with Crippen molar-refractivity contribution < 1.29 is 24.3 Å². The van der Waals surface area contributed by atoms with Crippen LogP contribution in [0.3, 0.4) is 0 Å². The second-order valence-corrected chi connectivity index (χ2v) is 7.33. The Morgan fingerprint density at radius 3 is 2.60 bits per heavy atom. The van der Waals surface area contributed by atoms with Crippen LogP contribution in [0.4, 0.5) is 5.69 Å². The van der Waals surface area contributed by atoms with Crippen molar-refractivity contribution in [2.75, 3.05) is 10.7 Å². The summed E-state index contributed by atoms with van der Waals surface area (Å²) in [6.45, 7) is 1.21. The normalized spacial score (nSPS) is 18.4. The van der Waals surface area contributed by atoms with Gasteiger partial charge in [0.1, 0.15) is 6.04 Å². The molecule has 2 atom stereocenters. The third kappa shape index (κ3) is 4.65. The predicted molar refractivity (Wildman–Crippen MR) is 95.1 cm³/mol. The van der Waals surface area contributed by atoms with Crippen molar-refractivity contribution in [2.24, 2.45) is 0 Å². The first-order chi connectivity index (χ1) is 11.7. The van der Waals surface area contributed by atoms with Crippen molar-refractivity contribution >= 4 is 64.3 Å². The predicted octanol–water partition coefficient (Wildman–Crippen LogP) is 1.95. The Kier molecular flexibility index (Phi) is 6.31. The molecule has 1 aromatic rings. The topological polar surface area (TPSA) is 104 Å². The van der Waals surface area contributed by atoms with E-state index in [0.717, 1.165) is 16.7 Å². The van der Waals surface area contributed by atoms with E-state index in [9.17, 15) is 19.2 Å². The van der Waals surface area contributed by atoms with Gasteiger partial charge in [0.15, 0.2) is 0 Å². The highest BCUT2D eigenvalue weighted by Gasteiger charge is 2.40. The number of aliphatic carboxylic acids is 1. The van der Waals surface area contributed by atoms with Crippen molar-refractivity contribution in [1.82, 2.24) is 5.32 Å². The van der Waals surface area contributed by atoms with Gasteiger partial charge >= 0.3 is 5.97 Å². The highest BCUT2D eigenvalue weighted by Crippen LogP contribution is 2.33. The summed E-state index contributed by atoms with van der Waals surface area (Å²) in [6.07, 6.45) is -0.0594. The molecule has 0 unspecified atom stereocenters. The summed E-state index contributed by atoms with van der Waals surface area (Å²) in [5, 5.41) is 11.2. The van der Waals surface area contributed by atoms with Gasteiger partial charge in [-0.2, -0.15) is 0 Å². The number of hydrogen-bond donors (Lipinski definition) is 2. The number of carbonyl (C=O) groups is 4. The Morgan fingerprint density at radius 1 is 1.36 bits per heavy atom. The molecule has 134 valence electrons. The summed E-state index contributed by atoms with van der Waals surface area (Å²) in [4.78, 5) is 47.8. The number of imide groups is 1. The molecule has 0 spiro atoms. The van der Waals surface area contributed by atoms with Gasteiger partial charge in [-0.25, -0.2) is 9.69 Å². The van der Waals surface area contributed by atoms with Crippen LogP contribution in [0.1, 0.15) is 13.3 Å². The molecule has 25 heavy (non-hydrogen) atoms. The first-order valence-corrected chi connectivity index (χ1v) is 8.94. The highest BCUT2D eigenvalue weighted by molar-refractivity contribution is 8.00. The van der Waals surface area contributed by atoms with Gasteiger partial charge in [0.05, 0.1) is 21.0 Å². The smallest absolute Gasteiger partial charge is 0.327 e. The Morgan fingerprint density at radius 2 is 2.04 bits per heavy atom. The van der Waals surface area contributed by atoms with Gasteiger partial charge in [-0.1, -0.05) is 23.2 Å². The van der Waals surface area contributed by atoms with E-state index >= 15 is 0 Å². The van der Waals surface area contributed by atoms with E-state index in [1.54, 1.807) is 0 Å². The number of rotatable bonds is 6. The lowest BCUT2D eigenvalue weighted by Gasteiger charge is -2.17. The van der Waals surface area contributed by atoms with Gasteiger partial charge in [0.2, 0.25) is 17.7 Å². The number of amides is 3. The first-order valence-electron chi connectivity index (χ1n) is 7.14. The number of hydrogen-bond acceptors (Lipinski definition) is 5. The maximum Gasteiger partial charge on any atom is 0.327 e. The Labute approximate surface area is 157 Å². The molecule has 10 heteroatoms. The molecule has 2 rings (SSSR count). The number of halogens is 2. The van der Waals surface area contributed by atoms with Gasteiger partial charge in [-0.3, -0.25) is 14.4 Å². The minimum Gasteiger partial charge on any atom is -0.480 e. The van der Waals surface area contributed by atoms with Crippen molar-refractivity contribution in [3.8, 4) is 0 Å². The zero-order chi connectivity index (χ0) is 18.7. The lowest BCUT2D eigenvalue weighted by atomic mass is 10.3. The summed E-state index contributed by atoms with van der Waals surface area (Å²) < 4.78 is 0. The minimum absolute atomic E-state index is 0.0339. The molecule has 0 aliphatic carbocycles. The van der Waals surface area contributed by atoms with E-state index in [-0.39, 0.29) is 17.2 Å². The van der Waals surface area contributed by atoms with E-state index in [1.165, 1.54) is 25.1 Å². The minimum atomic E-state index is -1.21. The molecule has 0 bridgehead atoms. The molecule has 0 saturated carbocycles. The Hall–Kier alpha value is -1.77. The maximum atomic E-state index is 12.5. The van der Waals surface area contributed by atoms with E-state index < -0.39 is 35.0 Å². The highest BCUT2D eigenvalue weighted by atomic mass is 35.5. The van der Waals surface area contributed by atoms with Crippen LogP contribution in [0, 0.1) is 0 Å². The number of benzene rings is 1. The summed E-state index contributed by atoms with van der Waals surface area (Å²) >= 11 is 12.8. The first kappa shape index (κ1) is 19.6. The number of carboxylic acid groups (broad SMARTS) is 1. The van der Waals surface area contributed by atoms with Gasteiger partial charge < -0.3 is 10.4 Å². The molecular weight excluding hydrogens is 391 g/mol. The lowest BCUT2D eigenvalue weighted by molar-refractivity contribution is -0.140. The largest absolute Gasteiger partial charge is 0.480 e. The van der Waals surface area contributed by atoms with Crippen LogP contribution in [-0.4, -0.2) is 45.8 Å². The molecule has 1 aliphatic rings. The van der Waals surface area contributed by atoms with Crippen LogP contribution in [-0.2, 0) is 19.2 Å². The molecule has 1 fully saturated rings. The van der Waals surface area contributed by atoms with E-state index in [4.69, 9.17) is 28.3 Å². The lowest BCUT2D eigenvalue weighted by Crippen LogP contribution is -2.42. The van der Waals surface area contributed by atoms with E-state index in [2.05, 4.69) is 5.32 Å². The molecule has 0 aromatic heterocycles. The number of thioether (sulfide) groups is 1. The molecule has 1 heterocycles. The van der Waals surface area contributed by atoms with Crippen LogP contribution in [0.5, 0.6) is 0 Å². The van der Waals surface area contributed by atoms with Crippen LogP contribution in [0.2, 0.25) is 10.0 Å². The third-order valence-electron chi connectivity index (χ3n) is 3.41. The van der Waals surface area contributed by atoms with E-state index in [0.29, 0.717) is 10.7 Å². The molecule has 1 saturated heterocycles. The second kappa shape index (κ2) is 8.07. The van der Waals surface area contributed by atoms with Gasteiger partial charge in [0, 0.05) is 19.1 Å². The fourth-order valence-electron chi connectivity index (χ4n) is 2.26. The van der Waals surface area contributed by atoms with Crippen molar-refractivity contribution in [3.05, 3.63) is 28.2 Å². The van der Waals surface area contributed by atoms with Crippen LogP contribution in [0.25, 0.3) is 0 Å². The second-order valence-electron chi connectivity index (χ2n) is 5.28. The molecule has 7 nitrogen and oxygen atoms in total. The van der Waals surface area contributed by atoms with E-state index in [1.807, 2.05) is 0 Å². The molecule has 3 amide bonds. The average molecular weight is 405 g/mol. The fourth-order valence-corrected chi connectivity index (χ4v) is 3.71. The number of anilines is 1. The zero-order valence-electron chi connectivity index (χ0n) is 13.0. The fraction of sp³-hybridized carbons (Fsp3) is 0.333. The third-order valence-corrected chi connectivity index (χ3v) is 5.44. The number of nitrogens with zero attached hydrogens (tertiary/aromatic N) is 1. The summed E-state index contributed by atoms with van der Waals surface area (Å²) in [5.74, 6) is -2.60. The summed E-state index contributed by atoms with van der Waals surface area (Å²) in [7, 11) is 0. The van der Waals surface area contributed by atoms with Crippen molar-refractivity contribution in [3.63, 3.8) is 0 Å². The van der Waals surface area contributed by atoms with Gasteiger partial charge in [-0.15, -0.1) is 11.8 Å². The number of nitrogens with one attached hydrogen (secondary N) is 1. The zero-order valence-corrected chi connectivity index (χ0v) is 15.3. The summed E-state index contributed by atoms with van der Waals surface area (Å²) in [6, 6.07) is 3.28. The molecule has 0 radical (unpaired) electrons. The molecular formula is C15H14Cl2N2O5S. The SMILES string of the molecule is CC(=O)N[C@H](CS[C@H]1CC(=O)N(c2ccc(Cl)c(Cl)c2)C1=O)C(=O)O. The summed E-state index contributed by atoms with van der Waals surface area (Å²) in [5.41, 5.74) is 0.309. The van der Waals surface area contributed by atoms with Crippen LogP contribution >= 0.6 is 35.0 Å². The van der Waals surface area contributed by atoms with Gasteiger partial charge in [0.25, 0.3) is 0 Å². The molecule has 1 aliphatic heterocycles. The van der Waals surface area contributed by atoms with Crippen LogP contribution < -0.4 is 10.2 Å².